The molecule has 3 nitrogen and oxygen atoms in total. The van der Waals surface area contributed by atoms with Gasteiger partial charge >= 0.3 is 5.97 Å². The molecule has 0 saturated heterocycles. The highest BCUT2D eigenvalue weighted by atomic mass is 16.5. The van der Waals surface area contributed by atoms with Crippen LogP contribution in [0.1, 0.15) is 33.6 Å². The SMILES string of the molecule is C=C(C)C(=O)OCCC(C)OCCC. The molecule has 0 N–H and O–H groups in total. The van der Waals surface area contributed by atoms with Crippen LogP contribution in [0.3, 0.4) is 0 Å². The van der Waals surface area contributed by atoms with E-state index < -0.39 is 0 Å². The van der Waals surface area contributed by atoms with Crippen molar-refractivity contribution in [2.45, 2.75) is 39.7 Å². The van der Waals surface area contributed by atoms with E-state index in [1.54, 1.807) is 6.92 Å². The summed E-state index contributed by atoms with van der Waals surface area (Å²) in [7, 11) is 0. The summed E-state index contributed by atoms with van der Waals surface area (Å²) in [4.78, 5) is 11.0. The maximum Gasteiger partial charge on any atom is 0.333 e. The molecule has 1 unspecified atom stereocenters. The van der Waals surface area contributed by atoms with Crippen molar-refractivity contribution in [3.63, 3.8) is 0 Å². The van der Waals surface area contributed by atoms with E-state index in [1.807, 2.05) is 6.92 Å². The molecule has 0 aromatic heterocycles. The van der Waals surface area contributed by atoms with Crippen molar-refractivity contribution in [2.24, 2.45) is 0 Å². The summed E-state index contributed by atoms with van der Waals surface area (Å²) in [5, 5.41) is 0. The molecule has 0 aliphatic rings. The Balaban J connectivity index is 3.44. The smallest absolute Gasteiger partial charge is 0.333 e. The Hall–Kier alpha value is -0.830. The summed E-state index contributed by atoms with van der Waals surface area (Å²) < 4.78 is 10.4. The molecule has 0 radical (unpaired) electrons. The zero-order chi connectivity index (χ0) is 11.0. The fraction of sp³-hybridized carbons (Fsp3) is 0.727. The number of esters is 1. The summed E-state index contributed by atoms with van der Waals surface area (Å²) in [5.41, 5.74) is 0.437. The Morgan fingerprint density at radius 2 is 2.07 bits per heavy atom. The van der Waals surface area contributed by atoms with Crippen molar-refractivity contribution >= 4 is 5.97 Å². The molecule has 0 amide bonds. The van der Waals surface area contributed by atoms with Crippen molar-refractivity contribution in [2.75, 3.05) is 13.2 Å². The second-order valence-electron chi connectivity index (χ2n) is 3.39. The molecule has 0 heterocycles. The molecule has 0 bridgehead atoms. The number of ether oxygens (including phenoxy) is 2. The quantitative estimate of drug-likeness (QED) is 0.467. The lowest BCUT2D eigenvalue weighted by Crippen LogP contribution is -2.14. The molecule has 82 valence electrons. The van der Waals surface area contributed by atoms with E-state index in [2.05, 4.69) is 13.5 Å². The third kappa shape index (κ3) is 6.66. The van der Waals surface area contributed by atoms with Crippen LogP contribution < -0.4 is 0 Å². The maximum absolute atomic E-state index is 11.0. The molecule has 0 fully saturated rings. The predicted molar refractivity (Wildman–Crippen MR) is 56.1 cm³/mol. The van der Waals surface area contributed by atoms with Crippen LogP contribution in [0, 0.1) is 0 Å². The van der Waals surface area contributed by atoms with Gasteiger partial charge in [-0.3, -0.25) is 0 Å². The Morgan fingerprint density at radius 1 is 1.43 bits per heavy atom. The molecule has 0 aliphatic heterocycles. The first-order chi connectivity index (χ1) is 6.57. The third-order valence-electron chi connectivity index (χ3n) is 1.71. The molecule has 0 aromatic rings. The van der Waals surface area contributed by atoms with Gasteiger partial charge in [0.25, 0.3) is 0 Å². The van der Waals surface area contributed by atoms with Crippen LogP contribution in [0.2, 0.25) is 0 Å². The van der Waals surface area contributed by atoms with Crippen LogP contribution in [-0.2, 0) is 14.3 Å². The Bertz CT molecular complexity index is 187. The Kier molecular flexibility index (Phi) is 7.11. The highest BCUT2D eigenvalue weighted by Gasteiger charge is 2.05. The van der Waals surface area contributed by atoms with E-state index >= 15 is 0 Å². The summed E-state index contributed by atoms with van der Waals surface area (Å²) in [6.07, 6.45) is 1.89. The number of carbonyl (C=O) groups excluding carboxylic acids is 1. The number of carbonyl (C=O) groups is 1. The summed E-state index contributed by atoms with van der Waals surface area (Å²) >= 11 is 0. The molecule has 0 aromatic carbocycles. The van der Waals surface area contributed by atoms with Crippen LogP contribution in [0.25, 0.3) is 0 Å². The van der Waals surface area contributed by atoms with E-state index in [0.29, 0.717) is 12.2 Å². The van der Waals surface area contributed by atoms with Crippen LogP contribution >= 0.6 is 0 Å². The minimum absolute atomic E-state index is 0.146. The molecule has 1 atom stereocenters. The second kappa shape index (κ2) is 7.56. The molecule has 0 aliphatic carbocycles. The van der Waals surface area contributed by atoms with Gasteiger partial charge < -0.3 is 9.47 Å². The lowest BCUT2D eigenvalue weighted by molar-refractivity contribution is -0.139. The van der Waals surface area contributed by atoms with E-state index in [-0.39, 0.29) is 12.1 Å². The van der Waals surface area contributed by atoms with Gasteiger partial charge in [-0.05, 0) is 20.3 Å². The Morgan fingerprint density at radius 3 is 2.57 bits per heavy atom. The molecule has 14 heavy (non-hydrogen) atoms. The van der Waals surface area contributed by atoms with Gasteiger partial charge in [0.05, 0.1) is 12.7 Å². The molecule has 0 rings (SSSR count). The van der Waals surface area contributed by atoms with Crippen LogP contribution in [0.5, 0.6) is 0 Å². The number of rotatable bonds is 7. The van der Waals surface area contributed by atoms with Gasteiger partial charge in [-0.2, -0.15) is 0 Å². The van der Waals surface area contributed by atoms with Gasteiger partial charge in [-0.15, -0.1) is 0 Å². The summed E-state index contributed by atoms with van der Waals surface area (Å²) in [6, 6.07) is 0. The maximum atomic E-state index is 11.0. The fourth-order valence-corrected chi connectivity index (χ4v) is 0.843. The molecular weight excluding hydrogens is 180 g/mol. The van der Waals surface area contributed by atoms with E-state index in [4.69, 9.17) is 9.47 Å². The minimum atomic E-state index is -0.326. The fourth-order valence-electron chi connectivity index (χ4n) is 0.843. The molecule has 3 heteroatoms. The van der Waals surface area contributed by atoms with Crippen LogP contribution in [-0.4, -0.2) is 25.3 Å². The van der Waals surface area contributed by atoms with Crippen LogP contribution in [0.15, 0.2) is 12.2 Å². The number of hydrogen-bond donors (Lipinski definition) is 0. The largest absolute Gasteiger partial charge is 0.462 e. The molecular formula is C11H20O3. The second-order valence-corrected chi connectivity index (χ2v) is 3.39. The van der Waals surface area contributed by atoms with Gasteiger partial charge in [-0.25, -0.2) is 4.79 Å². The highest BCUT2D eigenvalue weighted by molar-refractivity contribution is 5.86. The number of hydrogen-bond acceptors (Lipinski definition) is 3. The van der Waals surface area contributed by atoms with Crippen molar-refractivity contribution in [1.29, 1.82) is 0 Å². The van der Waals surface area contributed by atoms with Crippen LogP contribution in [0.4, 0.5) is 0 Å². The first-order valence-electron chi connectivity index (χ1n) is 5.02. The first kappa shape index (κ1) is 13.2. The van der Waals surface area contributed by atoms with Gasteiger partial charge in [0.15, 0.2) is 0 Å². The molecule has 0 saturated carbocycles. The zero-order valence-electron chi connectivity index (χ0n) is 9.34. The van der Waals surface area contributed by atoms with Crippen molar-refractivity contribution in [1.82, 2.24) is 0 Å². The average Bonchev–Trinajstić information content (AvgIpc) is 2.14. The van der Waals surface area contributed by atoms with Crippen molar-refractivity contribution in [3.8, 4) is 0 Å². The van der Waals surface area contributed by atoms with Gasteiger partial charge in [-0.1, -0.05) is 13.5 Å². The lowest BCUT2D eigenvalue weighted by atomic mass is 10.3. The predicted octanol–water partition coefficient (Wildman–Crippen LogP) is 2.31. The monoisotopic (exact) mass is 200 g/mol. The summed E-state index contributed by atoms with van der Waals surface area (Å²) in [6.45, 7) is 10.3. The van der Waals surface area contributed by atoms with Gasteiger partial charge in [0.1, 0.15) is 0 Å². The standard InChI is InChI=1S/C11H20O3/c1-5-7-13-10(4)6-8-14-11(12)9(2)3/h10H,2,5-8H2,1,3-4H3. The van der Waals surface area contributed by atoms with Gasteiger partial charge in [0, 0.05) is 18.6 Å². The van der Waals surface area contributed by atoms with Crippen molar-refractivity contribution < 1.29 is 14.3 Å². The normalized spacial score (nSPS) is 12.2. The van der Waals surface area contributed by atoms with E-state index in [1.165, 1.54) is 0 Å². The summed E-state index contributed by atoms with van der Waals surface area (Å²) in [5.74, 6) is -0.326. The topological polar surface area (TPSA) is 35.5 Å². The van der Waals surface area contributed by atoms with E-state index in [9.17, 15) is 4.79 Å². The van der Waals surface area contributed by atoms with Crippen molar-refractivity contribution in [3.05, 3.63) is 12.2 Å². The Labute approximate surface area is 86.1 Å². The minimum Gasteiger partial charge on any atom is -0.462 e. The van der Waals surface area contributed by atoms with E-state index in [0.717, 1.165) is 19.4 Å². The first-order valence-corrected chi connectivity index (χ1v) is 5.02. The zero-order valence-corrected chi connectivity index (χ0v) is 9.34. The molecule has 0 spiro atoms. The van der Waals surface area contributed by atoms with Gasteiger partial charge in [0.2, 0.25) is 0 Å². The lowest BCUT2D eigenvalue weighted by Gasteiger charge is -2.12. The average molecular weight is 200 g/mol. The third-order valence-corrected chi connectivity index (χ3v) is 1.71. The highest BCUT2D eigenvalue weighted by Crippen LogP contribution is 2.00.